The van der Waals surface area contributed by atoms with E-state index in [4.69, 9.17) is 0 Å². The Kier molecular flexibility index (Phi) is 6.50. The number of nitrogens with zero attached hydrogens (tertiary/aromatic N) is 1. The van der Waals surface area contributed by atoms with Gasteiger partial charge >= 0.3 is 0 Å². The number of aromatic nitrogens is 2. The highest BCUT2D eigenvalue weighted by molar-refractivity contribution is 7.98. The quantitative estimate of drug-likeness (QED) is 0.603. The Bertz CT molecular complexity index is 798. The Labute approximate surface area is 158 Å². The molecule has 1 aliphatic carbocycles. The number of amides is 1. The van der Waals surface area contributed by atoms with Gasteiger partial charge in [-0.15, -0.1) is 0 Å². The van der Waals surface area contributed by atoms with E-state index >= 15 is 0 Å². The number of thioether (sulfide) groups is 1. The first kappa shape index (κ1) is 18.7. The molecule has 6 heteroatoms. The Hall–Kier alpha value is -2.08. The molecule has 1 aromatic heterocycles. The van der Waals surface area contributed by atoms with Gasteiger partial charge in [-0.2, -0.15) is 0 Å². The molecular weight excluding hydrogens is 346 g/mol. The maximum atomic E-state index is 12.4. The van der Waals surface area contributed by atoms with Crippen molar-refractivity contribution >= 4 is 17.7 Å². The number of nitrogens with one attached hydrogen (secondary N) is 2. The van der Waals surface area contributed by atoms with Crippen LogP contribution in [0.2, 0.25) is 0 Å². The van der Waals surface area contributed by atoms with Crippen LogP contribution in [0.15, 0.2) is 40.3 Å². The number of benzene rings is 1. The topological polar surface area (TPSA) is 74.8 Å². The molecule has 2 N–H and O–H groups in total. The Morgan fingerprint density at radius 3 is 2.65 bits per heavy atom. The molecular formula is C20H25N3O2S. The Morgan fingerprint density at radius 1 is 1.23 bits per heavy atom. The first-order chi connectivity index (χ1) is 12.6. The van der Waals surface area contributed by atoms with Gasteiger partial charge < -0.3 is 10.3 Å². The minimum absolute atomic E-state index is 0.0861. The predicted octanol–water partition coefficient (Wildman–Crippen LogP) is 3.36. The predicted molar refractivity (Wildman–Crippen MR) is 104 cm³/mol. The lowest BCUT2D eigenvalue weighted by Gasteiger charge is -2.22. The summed E-state index contributed by atoms with van der Waals surface area (Å²) < 4.78 is 0. The van der Waals surface area contributed by atoms with Crippen LogP contribution in [0.3, 0.4) is 0 Å². The van der Waals surface area contributed by atoms with E-state index in [1.54, 1.807) is 6.92 Å². The standard InChI is InChI=1S/C20H25N3O2S/c1-14-17(12-18(24)22-16-10-6-3-7-11-16)19(25)23-20(21-14)26-13-15-8-4-2-5-9-15/h2,4-5,8-9,16H,3,6-7,10-13H2,1H3,(H,22,24)(H,21,23,25). The van der Waals surface area contributed by atoms with Crippen LogP contribution in [0.5, 0.6) is 0 Å². The summed E-state index contributed by atoms with van der Waals surface area (Å²) in [6.07, 6.45) is 5.74. The van der Waals surface area contributed by atoms with Gasteiger partial charge in [-0.05, 0) is 25.3 Å². The van der Waals surface area contributed by atoms with Gasteiger partial charge in [-0.1, -0.05) is 61.4 Å². The molecule has 26 heavy (non-hydrogen) atoms. The molecule has 3 rings (SSSR count). The molecule has 0 spiro atoms. The maximum Gasteiger partial charge on any atom is 0.255 e. The molecule has 0 radical (unpaired) electrons. The number of H-pyrrole nitrogens is 1. The first-order valence-corrected chi connectivity index (χ1v) is 10.2. The van der Waals surface area contributed by atoms with Crippen molar-refractivity contribution in [2.75, 3.05) is 0 Å². The second kappa shape index (κ2) is 9.03. The fourth-order valence-electron chi connectivity index (χ4n) is 3.27. The van der Waals surface area contributed by atoms with Crippen molar-refractivity contribution in [3.8, 4) is 0 Å². The number of aryl methyl sites for hydroxylation is 1. The van der Waals surface area contributed by atoms with Gasteiger partial charge in [-0.3, -0.25) is 9.59 Å². The van der Waals surface area contributed by atoms with E-state index in [1.807, 2.05) is 30.3 Å². The van der Waals surface area contributed by atoms with Crippen LogP contribution in [-0.4, -0.2) is 21.9 Å². The van der Waals surface area contributed by atoms with Gasteiger partial charge in [0.25, 0.3) is 5.56 Å². The average molecular weight is 372 g/mol. The summed E-state index contributed by atoms with van der Waals surface area (Å²) in [6.45, 7) is 1.80. The molecule has 138 valence electrons. The fraction of sp³-hybridized carbons (Fsp3) is 0.450. The zero-order valence-electron chi connectivity index (χ0n) is 15.1. The molecule has 0 unspecified atom stereocenters. The molecule has 1 aromatic carbocycles. The van der Waals surface area contributed by atoms with E-state index in [1.165, 1.54) is 36.6 Å². The summed E-state index contributed by atoms with van der Waals surface area (Å²) in [5.74, 6) is 0.655. The Balaban J connectivity index is 1.61. The molecule has 1 saturated carbocycles. The van der Waals surface area contributed by atoms with E-state index in [9.17, 15) is 9.59 Å². The van der Waals surface area contributed by atoms with Crippen molar-refractivity contribution in [3.05, 3.63) is 57.5 Å². The molecule has 1 aliphatic rings. The van der Waals surface area contributed by atoms with Gasteiger partial charge in [0.05, 0.1) is 6.42 Å². The number of rotatable bonds is 6. The van der Waals surface area contributed by atoms with Crippen LogP contribution in [0.1, 0.15) is 48.9 Å². The maximum absolute atomic E-state index is 12.4. The summed E-state index contributed by atoms with van der Waals surface area (Å²) in [6, 6.07) is 10.3. The average Bonchev–Trinajstić information content (AvgIpc) is 2.65. The van der Waals surface area contributed by atoms with Crippen molar-refractivity contribution in [2.45, 2.75) is 62.4 Å². The van der Waals surface area contributed by atoms with Gasteiger partial charge in [0.1, 0.15) is 0 Å². The molecule has 0 aliphatic heterocycles. The highest BCUT2D eigenvalue weighted by Crippen LogP contribution is 2.19. The van der Waals surface area contributed by atoms with Crippen LogP contribution in [0, 0.1) is 6.92 Å². The summed E-state index contributed by atoms with van der Waals surface area (Å²) in [5.41, 5.74) is 2.05. The van der Waals surface area contributed by atoms with Crippen LogP contribution in [0.4, 0.5) is 0 Å². The largest absolute Gasteiger partial charge is 0.353 e. The third-order valence-corrected chi connectivity index (χ3v) is 5.67. The van der Waals surface area contributed by atoms with E-state index in [2.05, 4.69) is 15.3 Å². The van der Waals surface area contributed by atoms with Crippen molar-refractivity contribution in [1.82, 2.24) is 15.3 Å². The third-order valence-electron chi connectivity index (χ3n) is 4.73. The minimum atomic E-state index is -0.216. The second-order valence-electron chi connectivity index (χ2n) is 6.79. The normalized spacial score (nSPS) is 15.0. The second-order valence-corrected chi connectivity index (χ2v) is 7.75. The summed E-state index contributed by atoms with van der Waals surface area (Å²) in [5, 5.41) is 3.65. The van der Waals surface area contributed by atoms with Gasteiger partial charge in [0, 0.05) is 23.1 Å². The number of hydrogen-bond acceptors (Lipinski definition) is 4. The van der Waals surface area contributed by atoms with Crippen LogP contribution < -0.4 is 10.9 Å². The lowest BCUT2D eigenvalue weighted by Crippen LogP contribution is -2.38. The number of carbonyl (C=O) groups is 1. The van der Waals surface area contributed by atoms with Crippen molar-refractivity contribution in [1.29, 1.82) is 0 Å². The molecule has 0 bridgehead atoms. The third kappa shape index (κ3) is 5.21. The molecule has 2 aromatic rings. The molecule has 0 atom stereocenters. The Morgan fingerprint density at radius 2 is 1.96 bits per heavy atom. The summed E-state index contributed by atoms with van der Waals surface area (Å²) in [4.78, 5) is 32.0. The van der Waals surface area contributed by atoms with Crippen molar-refractivity contribution < 1.29 is 4.79 Å². The minimum Gasteiger partial charge on any atom is -0.353 e. The summed E-state index contributed by atoms with van der Waals surface area (Å²) >= 11 is 1.49. The fourth-order valence-corrected chi connectivity index (χ4v) is 4.14. The van der Waals surface area contributed by atoms with Crippen molar-refractivity contribution in [2.24, 2.45) is 0 Å². The van der Waals surface area contributed by atoms with Crippen LogP contribution in [0.25, 0.3) is 0 Å². The number of aromatic amines is 1. The van der Waals surface area contributed by atoms with Crippen LogP contribution in [-0.2, 0) is 17.0 Å². The monoisotopic (exact) mass is 371 g/mol. The smallest absolute Gasteiger partial charge is 0.255 e. The van der Waals surface area contributed by atoms with Gasteiger partial charge in [-0.25, -0.2) is 4.98 Å². The van der Waals surface area contributed by atoms with E-state index in [0.29, 0.717) is 16.4 Å². The number of hydrogen-bond donors (Lipinski definition) is 2. The zero-order valence-corrected chi connectivity index (χ0v) is 15.9. The SMILES string of the molecule is Cc1nc(SCc2ccccc2)[nH]c(=O)c1CC(=O)NC1CCCCC1. The van der Waals surface area contributed by atoms with E-state index in [0.717, 1.165) is 18.6 Å². The zero-order chi connectivity index (χ0) is 18.4. The highest BCUT2D eigenvalue weighted by Gasteiger charge is 2.18. The van der Waals surface area contributed by atoms with Gasteiger partial charge in [0.15, 0.2) is 5.16 Å². The summed E-state index contributed by atoms with van der Waals surface area (Å²) in [7, 11) is 0. The molecule has 1 amide bonds. The van der Waals surface area contributed by atoms with Crippen LogP contribution >= 0.6 is 11.8 Å². The number of carbonyl (C=O) groups excluding carboxylic acids is 1. The highest BCUT2D eigenvalue weighted by atomic mass is 32.2. The molecule has 0 saturated heterocycles. The lowest BCUT2D eigenvalue weighted by atomic mass is 9.95. The van der Waals surface area contributed by atoms with E-state index < -0.39 is 0 Å². The molecule has 1 heterocycles. The van der Waals surface area contributed by atoms with E-state index in [-0.39, 0.29) is 23.9 Å². The molecule has 1 fully saturated rings. The van der Waals surface area contributed by atoms with Gasteiger partial charge in [0.2, 0.25) is 5.91 Å². The first-order valence-electron chi connectivity index (χ1n) is 9.17. The lowest BCUT2D eigenvalue weighted by molar-refractivity contribution is -0.121. The van der Waals surface area contributed by atoms with Crippen molar-refractivity contribution in [3.63, 3.8) is 0 Å². The molecule has 5 nitrogen and oxygen atoms in total.